The predicted octanol–water partition coefficient (Wildman–Crippen LogP) is 2.19. The fourth-order valence-corrected chi connectivity index (χ4v) is 3.93. The highest BCUT2D eigenvalue weighted by Crippen LogP contribution is 2.32. The number of nitrogens with one attached hydrogen (secondary N) is 1. The lowest BCUT2D eigenvalue weighted by Crippen LogP contribution is -2.50. The van der Waals surface area contributed by atoms with Gasteiger partial charge in [-0.25, -0.2) is 0 Å². The van der Waals surface area contributed by atoms with Gasteiger partial charge in [-0.15, -0.1) is 0 Å². The minimum absolute atomic E-state index is 0.0223. The van der Waals surface area contributed by atoms with E-state index in [1.807, 2.05) is 23.2 Å². The van der Waals surface area contributed by atoms with Gasteiger partial charge in [0.05, 0.1) is 19.2 Å². The first-order chi connectivity index (χ1) is 12.3. The molecule has 1 atom stereocenters. The van der Waals surface area contributed by atoms with E-state index < -0.39 is 0 Å². The van der Waals surface area contributed by atoms with Crippen LogP contribution in [0.4, 0.5) is 5.69 Å². The van der Waals surface area contributed by atoms with Crippen molar-refractivity contribution in [3.63, 3.8) is 0 Å². The average Bonchev–Trinajstić information content (AvgIpc) is 3.16. The van der Waals surface area contributed by atoms with Crippen molar-refractivity contribution in [1.29, 1.82) is 0 Å². The number of nitrogens with zero attached hydrogens (tertiary/aromatic N) is 3. The summed E-state index contributed by atoms with van der Waals surface area (Å²) in [4.78, 5) is 17.3. The smallest absolute Gasteiger partial charge is 0.230 e. The lowest BCUT2D eigenvalue weighted by molar-refractivity contribution is -0.133. The number of carbonyl (C=O) groups excluding carboxylic acids is 1. The van der Waals surface area contributed by atoms with Crippen LogP contribution in [0.15, 0.2) is 30.5 Å². The van der Waals surface area contributed by atoms with Crippen LogP contribution < -0.4 is 9.64 Å². The normalized spacial score (nSPS) is 20.3. The largest absolute Gasteiger partial charge is 0.497 e. The highest BCUT2D eigenvalue weighted by Gasteiger charge is 2.32. The van der Waals surface area contributed by atoms with E-state index in [1.54, 1.807) is 7.11 Å². The number of H-pyrrole nitrogens is 1. The monoisotopic (exact) mass is 340 g/mol. The Bertz CT molecular complexity index is 749. The highest BCUT2D eigenvalue weighted by molar-refractivity contribution is 5.84. The number of aromatic amines is 1. The van der Waals surface area contributed by atoms with Crippen LogP contribution in [0.2, 0.25) is 0 Å². The van der Waals surface area contributed by atoms with Gasteiger partial charge in [-0.1, -0.05) is 6.07 Å². The third-order valence-corrected chi connectivity index (χ3v) is 5.35. The number of fused-ring (bicyclic) bond motifs is 1. The molecule has 0 spiro atoms. The fraction of sp³-hybridized carbons (Fsp3) is 0.474. The van der Waals surface area contributed by atoms with Crippen LogP contribution in [0, 0.1) is 0 Å². The minimum Gasteiger partial charge on any atom is -0.497 e. The van der Waals surface area contributed by atoms with Crippen molar-refractivity contribution in [2.45, 2.75) is 25.2 Å². The number of aromatic nitrogens is 2. The molecule has 1 aromatic carbocycles. The van der Waals surface area contributed by atoms with Crippen molar-refractivity contribution in [3.8, 4) is 5.75 Å². The van der Waals surface area contributed by atoms with Gasteiger partial charge in [0.25, 0.3) is 0 Å². The van der Waals surface area contributed by atoms with E-state index in [4.69, 9.17) is 4.74 Å². The summed E-state index contributed by atoms with van der Waals surface area (Å²) in [5.74, 6) is 1.10. The van der Waals surface area contributed by atoms with E-state index in [0.29, 0.717) is 0 Å². The van der Waals surface area contributed by atoms with Crippen molar-refractivity contribution in [3.05, 3.63) is 41.7 Å². The molecule has 6 heteroatoms. The predicted molar refractivity (Wildman–Crippen MR) is 96.1 cm³/mol. The Morgan fingerprint density at radius 2 is 2.12 bits per heavy atom. The SMILES string of the molecule is COc1cccc(N2CCN(C(=O)C3CCCc4[nH]ncc43)CC2)c1. The first kappa shape index (κ1) is 16.0. The molecule has 1 unspecified atom stereocenters. The summed E-state index contributed by atoms with van der Waals surface area (Å²) in [5, 5.41) is 7.18. The van der Waals surface area contributed by atoms with E-state index in [9.17, 15) is 4.79 Å². The Balaban J connectivity index is 1.41. The number of methoxy groups -OCH3 is 1. The van der Waals surface area contributed by atoms with Gasteiger partial charge < -0.3 is 14.5 Å². The Labute approximate surface area is 147 Å². The van der Waals surface area contributed by atoms with Crippen LogP contribution in [-0.4, -0.2) is 54.3 Å². The molecule has 132 valence electrons. The molecule has 2 aliphatic rings. The van der Waals surface area contributed by atoms with Crippen molar-refractivity contribution >= 4 is 11.6 Å². The summed E-state index contributed by atoms with van der Waals surface area (Å²) in [6, 6.07) is 8.11. The molecule has 1 aromatic heterocycles. The third-order valence-electron chi connectivity index (χ3n) is 5.35. The van der Waals surface area contributed by atoms with Gasteiger partial charge in [0, 0.05) is 49.2 Å². The third kappa shape index (κ3) is 3.08. The second kappa shape index (κ2) is 6.78. The maximum absolute atomic E-state index is 13.0. The Kier molecular flexibility index (Phi) is 4.34. The van der Waals surface area contributed by atoms with Crippen LogP contribution in [-0.2, 0) is 11.2 Å². The first-order valence-corrected chi connectivity index (χ1v) is 8.96. The molecule has 0 radical (unpaired) electrons. The molecule has 4 rings (SSSR count). The van der Waals surface area contributed by atoms with E-state index in [1.165, 1.54) is 0 Å². The van der Waals surface area contributed by atoms with E-state index in [-0.39, 0.29) is 11.8 Å². The topological polar surface area (TPSA) is 61.5 Å². The number of piperazine rings is 1. The van der Waals surface area contributed by atoms with Crippen molar-refractivity contribution in [2.24, 2.45) is 0 Å². The maximum Gasteiger partial charge on any atom is 0.230 e. The lowest BCUT2D eigenvalue weighted by atomic mass is 9.86. The summed E-state index contributed by atoms with van der Waals surface area (Å²) < 4.78 is 5.31. The maximum atomic E-state index is 13.0. The van der Waals surface area contributed by atoms with Crippen molar-refractivity contribution in [1.82, 2.24) is 15.1 Å². The summed E-state index contributed by atoms with van der Waals surface area (Å²) >= 11 is 0. The minimum atomic E-state index is -0.0223. The zero-order valence-electron chi connectivity index (χ0n) is 14.6. The van der Waals surface area contributed by atoms with Crippen LogP contribution in [0.1, 0.15) is 30.0 Å². The molecule has 25 heavy (non-hydrogen) atoms. The molecule has 6 nitrogen and oxygen atoms in total. The fourth-order valence-electron chi connectivity index (χ4n) is 3.93. The van der Waals surface area contributed by atoms with Gasteiger partial charge in [-0.2, -0.15) is 5.10 Å². The molecule has 1 fully saturated rings. The molecule has 1 aliphatic carbocycles. The summed E-state index contributed by atoms with van der Waals surface area (Å²) in [6.45, 7) is 3.23. The number of ether oxygens (including phenoxy) is 1. The number of rotatable bonds is 3. The van der Waals surface area contributed by atoms with Crippen molar-refractivity contribution < 1.29 is 9.53 Å². The molecule has 1 amide bonds. The summed E-state index contributed by atoms with van der Waals surface area (Å²) in [6.07, 6.45) is 4.82. The quantitative estimate of drug-likeness (QED) is 0.930. The van der Waals surface area contributed by atoms with E-state index in [0.717, 1.165) is 68.1 Å². The van der Waals surface area contributed by atoms with Gasteiger partial charge in [0.2, 0.25) is 5.91 Å². The zero-order chi connectivity index (χ0) is 17.2. The number of hydrogen-bond acceptors (Lipinski definition) is 4. The second-order valence-corrected chi connectivity index (χ2v) is 6.76. The number of aryl methyl sites for hydroxylation is 1. The summed E-state index contributed by atoms with van der Waals surface area (Å²) in [5.41, 5.74) is 3.40. The number of benzene rings is 1. The Morgan fingerprint density at radius 1 is 1.28 bits per heavy atom. The highest BCUT2D eigenvalue weighted by atomic mass is 16.5. The number of hydrogen-bond donors (Lipinski definition) is 1. The van der Waals surface area contributed by atoms with E-state index >= 15 is 0 Å². The molecule has 1 N–H and O–H groups in total. The second-order valence-electron chi connectivity index (χ2n) is 6.76. The number of amides is 1. The van der Waals surface area contributed by atoms with Gasteiger partial charge in [-0.05, 0) is 31.4 Å². The van der Waals surface area contributed by atoms with Gasteiger partial charge >= 0.3 is 0 Å². The number of carbonyl (C=O) groups is 1. The van der Waals surface area contributed by atoms with Crippen LogP contribution in [0.3, 0.4) is 0 Å². The molecular weight excluding hydrogens is 316 g/mol. The lowest BCUT2D eigenvalue weighted by Gasteiger charge is -2.38. The Morgan fingerprint density at radius 3 is 2.92 bits per heavy atom. The van der Waals surface area contributed by atoms with Crippen molar-refractivity contribution in [2.75, 3.05) is 38.2 Å². The molecule has 1 aliphatic heterocycles. The van der Waals surface area contributed by atoms with Crippen LogP contribution in [0.5, 0.6) is 5.75 Å². The molecule has 2 heterocycles. The zero-order valence-corrected chi connectivity index (χ0v) is 14.6. The van der Waals surface area contributed by atoms with Crippen LogP contribution in [0.25, 0.3) is 0 Å². The van der Waals surface area contributed by atoms with Gasteiger partial charge in [-0.3, -0.25) is 9.89 Å². The van der Waals surface area contributed by atoms with Crippen LogP contribution >= 0.6 is 0 Å². The van der Waals surface area contributed by atoms with Gasteiger partial charge in [0.15, 0.2) is 0 Å². The standard InChI is InChI=1S/C19H24N4O2/c1-25-15-5-2-4-14(12-15)22-8-10-23(11-9-22)19(24)16-6-3-7-18-17(16)13-20-21-18/h2,4-5,12-13,16H,3,6-11H2,1H3,(H,20,21). The first-order valence-electron chi connectivity index (χ1n) is 8.96. The molecule has 0 bridgehead atoms. The number of anilines is 1. The molecule has 2 aromatic rings. The molecular formula is C19H24N4O2. The molecule has 0 saturated carbocycles. The Hall–Kier alpha value is -2.50. The molecule has 1 saturated heterocycles. The van der Waals surface area contributed by atoms with E-state index in [2.05, 4.69) is 27.2 Å². The summed E-state index contributed by atoms with van der Waals surface area (Å²) in [7, 11) is 1.68. The average molecular weight is 340 g/mol. The van der Waals surface area contributed by atoms with Gasteiger partial charge in [0.1, 0.15) is 5.75 Å².